The van der Waals surface area contributed by atoms with Crippen LogP contribution in [-0.2, 0) is 6.54 Å². The van der Waals surface area contributed by atoms with Crippen molar-refractivity contribution < 1.29 is 13.2 Å². The van der Waals surface area contributed by atoms with Gasteiger partial charge in [0, 0.05) is 23.6 Å². The molecular formula is C10H9BrF3N3S. The Morgan fingerprint density at radius 1 is 1.44 bits per heavy atom. The summed E-state index contributed by atoms with van der Waals surface area (Å²) in [5.74, 6) is 0. The fraction of sp³-hybridized carbons (Fsp3) is 0.400. The van der Waals surface area contributed by atoms with Crippen LogP contribution < -0.4 is 0 Å². The summed E-state index contributed by atoms with van der Waals surface area (Å²) in [4.78, 5) is 7.07. The first-order valence-corrected chi connectivity index (χ1v) is 6.38. The second kappa shape index (κ2) is 5.00. The van der Waals surface area contributed by atoms with E-state index in [-0.39, 0.29) is 13.0 Å². The van der Waals surface area contributed by atoms with E-state index in [0.29, 0.717) is 15.9 Å². The molecule has 0 unspecified atom stereocenters. The number of aromatic amines is 1. The number of nitrogens with one attached hydrogen (secondary N) is 1. The van der Waals surface area contributed by atoms with Crippen LogP contribution in [0.25, 0.3) is 11.2 Å². The van der Waals surface area contributed by atoms with Gasteiger partial charge in [0.2, 0.25) is 0 Å². The van der Waals surface area contributed by atoms with Crippen LogP contribution in [0, 0.1) is 4.77 Å². The standard InChI is InChI=1S/C10H9BrF3N3S/c11-6-4-7-8(15-5-6)17(9(18)16-7)3-1-2-10(12,13)14/h4-5H,1-3H2,(H,16,18). The second-order valence-corrected chi connectivity index (χ2v) is 5.13. The molecule has 3 nitrogen and oxygen atoms in total. The molecule has 0 saturated heterocycles. The van der Waals surface area contributed by atoms with Crippen molar-refractivity contribution in [1.29, 1.82) is 0 Å². The predicted molar refractivity (Wildman–Crippen MR) is 67.9 cm³/mol. The topological polar surface area (TPSA) is 33.6 Å². The van der Waals surface area contributed by atoms with Gasteiger partial charge >= 0.3 is 6.18 Å². The largest absolute Gasteiger partial charge is 0.389 e. The molecule has 0 radical (unpaired) electrons. The lowest BCUT2D eigenvalue weighted by molar-refractivity contribution is -0.135. The minimum absolute atomic E-state index is 0.0114. The Morgan fingerprint density at radius 3 is 2.83 bits per heavy atom. The van der Waals surface area contributed by atoms with E-state index in [9.17, 15) is 13.2 Å². The van der Waals surface area contributed by atoms with Gasteiger partial charge in [0.15, 0.2) is 10.4 Å². The molecule has 0 aromatic carbocycles. The van der Waals surface area contributed by atoms with Crippen LogP contribution >= 0.6 is 28.1 Å². The van der Waals surface area contributed by atoms with Gasteiger partial charge in [-0.1, -0.05) is 0 Å². The predicted octanol–water partition coefficient (Wildman–Crippen LogP) is 4.20. The number of H-pyrrole nitrogens is 1. The first-order valence-electron chi connectivity index (χ1n) is 5.17. The highest BCUT2D eigenvalue weighted by atomic mass is 79.9. The third-order valence-electron chi connectivity index (χ3n) is 2.42. The molecule has 2 rings (SSSR count). The number of nitrogens with zero attached hydrogens (tertiary/aromatic N) is 2. The summed E-state index contributed by atoms with van der Waals surface area (Å²) in [7, 11) is 0. The van der Waals surface area contributed by atoms with Gasteiger partial charge < -0.3 is 9.55 Å². The molecule has 0 bridgehead atoms. The third kappa shape index (κ3) is 3.11. The molecule has 2 aromatic rings. The van der Waals surface area contributed by atoms with Crippen LogP contribution in [0.15, 0.2) is 16.7 Å². The van der Waals surface area contributed by atoms with Crippen molar-refractivity contribution in [3.63, 3.8) is 0 Å². The molecule has 98 valence electrons. The van der Waals surface area contributed by atoms with E-state index in [0.717, 1.165) is 4.47 Å². The quantitative estimate of drug-likeness (QED) is 0.850. The van der Waals surface area contributed by atoms with Crippen LogP contribution in [-0.4, -0.2) is 20.7 Å². The zero-order valence-corrected chi connectivity index (χ0v) is 11.5. The van der Waals surface area contributed by atoms with Gasteiger partial charge in [-0.15, -0.1) is 0 Å². The highest BCUT2D eigenvalue weighted by Crippen LogP contribution is 2.23. The average Bonchev–Trinajstić information content (AvgIpc) is 2.52. The minimum Gasteiger partial charge on any atom is -0.329 e. The van der Waals surface area contributed by atoms with Crippen molar-refractivity contribution in [1.82, 2.24) is 14.5 Å². The number of pyridine rings is 1. The maximum absolute atomic E-state index is 12.1. The number of halogens is 4. The molecule has 18 heavy (non-hydrogen) atoms. The summed E-state index contributed by atoms with van der Waals surface area (Å²) < 4.78 is 39.0. The number of imidazole rings is 1. The monoisotopic (exact) mass is 339 g/mol. The van der Waals surface area contributed by atoms with Crippen molar-refractivity contribution in [2.45, 2.75) is 25.6 Å². The highest BCUT2D eigenvalue weighted by molar-refractivity contribution is 9.10. The first-order chi connectivity index (χ1) is 8.37. The van der Waals surface area contributed by atoms with Gasteiger partial charge in [-0.05, 0) is 40.6 Å². The Labute approximate surface area is 114 Å². The van der Waals surface area contributed by atoms with Gasteiger partial charge in [0.1, 0.15) is 0 Å². The van der Waals surface area contributed by atoms with E-state index in [1.165, 1.54) is 0 Å². The molecule has 0 spiro atoms. The van der Waals surface area contributed by atoms with Crippen molar-refractivity contribution in [2.75, 3.05) is 0 Å². The van der Waals surface area contributed by atoms with Crippen molar-refractivity contribution in [3.05, 3.63) is 21.5 Å². The molecule has 0 saturated carbocycles. The van der Waals surface area contributed by atoms with Gasteiger partial charge in [-0.25, -0.2) is 4.98 Å². The number of aryl methyl sites for hydroxylation is 1. The van der Waals surface area contributed by atoms with E-state index in [1.807, 2.05) is 0 Å². The zero-order chi connectivity index (χ0) is 13.3. The third-order valence-corrected chi connectivity index (χ3v) is 3.17. The van der Waals surface area contributed by atoms with E-state index < -0.39 is 12.6 Å². The van der Waals surface area contributed by atoms with Crippen LogP contribution in [0.2, 0.25) is 0 Å². The van der Waals surface area contributed by atoms with Gasteiger partial charge in [0.25, 0.3) is 0 Å². The summed E-state index contributed by atoms with van der Waals surface area (Å²) in [5, 5.41) is 0. The molecule has 8 heteroatoms. The maximum atomic E-state index is 12.1. The van der Waals surface area contributed by atoms with Gasteiger partial charge in [-0.2, -0.15) is 13.2 Å². The summed E-state index contributed by atoms with van der Waals surface area (Å²) in [5.41, 5.74) is 1.28. The van der Waals surface area contributed by atoms with Gasteiger partial charge in [-0.3, -0.25) is 0 Å². The Kier molecular flexibility index (Phi) is 3.76. The molecular weight excluding hydrogens is 331 g/mol. The minimum atomic E-state index is -4.13. The molecule has 0 aliphatic rings. The van der Waals surface area contributed by atoms with Gasteiger partial charge in [0.05, 0.1) is 5.52 Å². The van der Waals surface area contributed by atoms with Crippen molar-refractivity contribution in [2.24, 2.45) is 0 Å². The van der Waals surface area contributed by atoms with Crippen molar-refractivity contribution >= 4 is 39.3 Å². The molecule has 2 heterocycles. The molecule has 0 aliphatic carbocycles. The Balaban J connectivity index is 2.23. The molecule has 0 amide bonds. The normalized spacial score (nSPS) is 12.2. The number of hydrogen-bond donors (Lipinski definition) is 1. The number of rotatable bonds is 3. The maximum Gasteiger partial charge on any atom is 0.389 e. The van der Waals surface area contributed by atoms with E-state index in [4.69, 9.17) is 12.2 Å². The van der Waals surface area contributed by atoms with Crippen LogP contribution in [0.5, 0.6) is 0 Å². The summed E-state index contributed by atoms with van der Waals surface area (Å²) >= 11 is 8.34. The van der Waals surface area contributed by atoms with Crippen LogP contribution in [0.3, 0.4) is 0 Å². The summed E-state index contributed by atoms with van der Waals surface area (Å²) in [6, 6.07) is 1.79. The Hall–Kier alpha value is -0.890. The smallest absolute Gasteiger partial charge is 0.329 e. The van der Waals surface area contributed by atoms with E-state index in [2.05, 4.69) is 25.9 Å². The Bertz CT molecular complexity index is 617. The van der Waals surface area contributed by atoms with Crippen LogP contribution in [0.1, 0.15) is 12.8 Å². The molecule has 1 N–H and O–H groups in total. The van der Waals surface area contributed by atoms with Crippen molar-refractivity contribution in [3.8, 4) is 0 Å². The molecule has 0 atom stereocenters. The average molecular weight is 340 g/mol. The lowest BCUT2D eigenvalue weighted by Crippen LogP contribution is -2.09. The fourth-order valence-corrected chi connectivity index (χ4v) is 2.28. The number of alkyl halides is 3. The zero-order valence-electron chi connectivity index (χ0n) is 9.09. The molecule has 0 fully saturated rings. The molecule has 0 aliphatic heterocycles. The first kappa shape index (κ1) is 13.5. The van der Waals surface area contributed by atoms with E-state index in [1.54, 1.807) is 16.8 Å². The highest BCUT2D eigenvalue weighted by Gasteiger charge is 2.26. The number of hydrogen-bond acceptors (Lipinski definition) is 2. The second-order valence-electron chi connectivity index (χ2n) is 3.83. The lowest BCUT2D eigenvalue weighted by atomic mass is 10.3. The van der Waals surface area contributed by atoms with E-state index >= 15 is 0 Å². The summed E-state index contributed by atoms with van der Waals surface area (Å²) in [6.45, 7) is 0.201. The SMILES string of the molecule is FC(F)(F)CCCn1c(=S)[nH]c2cc(Br)cnc21. The molecule has 2 aromatic heterocycles. The van der Waals surface area contributed by atoms with Crippen LogP contribution in [0.4, 0.5) is 13.2 Å². The summed E-state index contributed by atoms with van der Waals surface area (Å²) in [6.07, 6.45) is -3.38. The number of aromatic nitrogens is 3. The lowest BCUT2D eigenvalue weighted by Gasteiger charge is -2.06. The Morgan fingerprint density at radius 2 is 2.17 bits per heavy atom. The number of fused-ring (bicyclic) bond motifs is 1. The fourth-order valence-electron chi connectivity index (χ4n) is 1.66.